The van der Waals surface area contributed by atoms with E-state index in [4.69, 9.17) is 38.4 Å². The molecule has 0 radical (unpaired) electrons. The Hall–Kier alpha value is -2.84. The fourth-order valence-corrected chi connectivity index (χ4v) is 6.06. The Balaban J connectivity index is 1.25. The molecule has 4 aromatic rings. The van der Waals surface area contributed by atoms with Gasteiger partial charge in [-0.15, -0.1) is 0 Å². The molecule has 1 atom stereocenters. The van der Waals surface area contributed by atoms with Gasteiger partial charge in [-0.05, 0) is 74.2 Å². The van der Waals surface area contributed by atoms with Crippen LogP contribution in [0.15, 0.2) is 48.8 Å². The van der Waals surface area contributed by atoms with Gasteiger partial charge in [0.15, 0.2) is 6.23 Å². The van der Waals surface area contributed by atoms with Crippen LogP contribution in [0.4, 0.5) is 0 Å². The number of nitrogens with two attached hydrogens (primary N) is 1. The smallest absolute Gasteiger partial charge is 0.177 e. The van der Waals surface area contributed by atoms with Crippen molar-refractivity contribution in [3.8, 4) is 22.8 Å². The summed E-state index contributed by atoms with van der Waals surface area (Å²) in [6.45, 7) is 5.55. The van der Waals surface area contributed by atoms with Crippen molar-refractivity contribution in [2.24, 2.45) is 5.73 Å². The van der Waals surface area contributed by atoms with Gasteiger partial charge < -0.3 is 14.4 Å². The Morgan fingerprint density at radius 3 is 2.65 bits per heavy atom. The molecule has 0 amide bonds. The first-order valence-electron chi connectivity index (χ1n) is 12.7. The van der Waals surface area contributed by atoms with Gasteiger partial charge in [-0.3, -0.25) is 15.8 Å². The summed E-state index contributed by atoms with van der Waals surface area (Å²) in [5, 5.41) is 9.41. The van der Waals surface area contributed by atoms with Gasteiger partial charge in [-0.2, -0.15) is 5.10 Å². The maximum atomic E-state index is 6.62. The Kier molecular flexibility index (Phi) is 6.49. The third-order valence-electron chi connectivity index (χ3n) is 7.70. The summed E-state index contributed by atoms with van der Waals surface area (Å²) in [7, 11) is 0. The summed E-state index contributed by atoms with van der Waals surface area (Å²) >= 11 is 12.5. The van der Waals surface area contributed by atoms with Crippen molar-refractivity contribution in [2.45, 2.75) is 44.4 Å². The molecule has 3 N–H and O–H groups in total. The second kappa shape index (κ2) is 9.80. The van der Waals surface area contributed by atoms with E-state index >= 15 is 0 Å². The van der Waals surface area contributed by atoms with Crippen LogP contribution in [0, 0.1) is 0 Å². The van der Waals surface area contributed by atoms with E-state index in [1.807, 2.05) is 18.2 Å². The summed E-state index contributed by atoms with van der Waals surface area (Å²) in [4.78, 5) is 6.48. The highest BCUT2D eigenvalue weighted by molar-refractivity contribution is 6.35. The van der Waals surface area contributed by atoms with E-state index in [1.54, 1.807) is 0 Å². The number of ether oxygens (including phenoxy) is 2. The lowest BCUT2D eigenvalue weighted by Crippen LogP contribution is -2.49. The number of aromatic nitrogens is 3. The molecule has 7 nitrogen and oxygen atoms in total. The molecule has 2 aliphatic heterocycles. The van der Waals surface area contributed by atoms with Gasteiger partial charge in [-0.1, -0.05) is 30.1 Å². The van der Waals surface area contributed by atoms with E-state index in [2.05, 4.69) is 45.2 Å². The van der Waals surface area contributed by atoms with Gasteiger partial charge in [0.2, 0.25) is 0 Å². The zero-order chi connectivity index (χ0) is 25.6. The fraction of sp³-hybridized carbons (Fsp3) is 0.357. The van der Waals surface area contributed by atoms with Gasteiger partial charge >= 0.3 is 0 Å². The zero-order valence-corrected chi connectivity index (χ0v) is 22.1. The number of aromatic amines is 1. The molecule has 1 saturated heterocycles. The van der Waals surface area contributed by atoms with Crippen LogP contribution in [-0.2, 0) is 6.42 Å². The number of halogens is 2. The molecule has 192 valence electrons. The molecule has 2 aromatic heterocycles. The van der Waals surface area contributed by atoms with E-state index < -0.39 is 6.23 Å². The zero-order valence-electron chi connectivity index (χ0n) is 20.6. The number of pyridine rings is 1. The second-order valence-corrected chi connectivity index (χ2v) is 10.7. The third-order valence-corrected chi connectivity index (χ3v) is 8.30. The number of nitrogens with one attached hydrogen (secondary N) is 1. The summed E-state index contributed by atoms with van der Waals surface area (Å²) in [6, 6.07) is 12.1. The van der Waals surface area contributed by atoms with Crippen LogP contribution in [-0.4, -0.2) is 45.3 Å². The minimum atomic E-state index is -0.840. The topological polar surface area (TPSA) is 89.3 Å². The predicted molar refractivity (Wildman–Crippen MR) is 146 cm³/mol. The molecule has 6 rings (SSSR count). The Morgan fingerprint density at radius 1 is 1.11 bits per heavy atom. The number of rotatable bonds is 5. The van der Waals surface area contributed by atoms with Crippen molar-refractivity contribution < 1.29 is 9.47 Å². The number of H-pyrrole nitrogens is 1. The summed E-state index contributed by atoms with van der Waals surface area (Å²) < 4.78 is 12.6. The molecule has 0 unspecified atom stereocenters. The first-order valence-corrected chi connectivity index (χ1v) is 13.4. The van der Waals surface area contributed by atoms with E-state index in [9.17, 15) is 0 Å². The summed E-state index contributed by atoms with van der Waals surface area (Å²) in [5.74, 6) is 1.59. The van der Waals surface area contributed by atoms with E-state index in [1.165, 1.54) is 18.0 Å². The van der Waals surface area contributed by atoms with Crippen molar-refractivity contribution in [3.05, 3.63) is 70.0 Å². The van der Waals surface area contributed by atoms with Gasteiger partial charge in [0.05, 0.1) is 15.6 Å². The number of hydrogen-bond acceptors (Lipinski definition) is 6. The van der Waals surface area contributed by atoms with Crippen molar-refractivity contribution in [1.82, 2.24) is 20.1 Å². The van der Waals surface area contributed by atoms with Crippen molar-refractivity contribution in [2.75, 3.05) is 19.6 Å². The maximum Gasteiger partial charge on any atom is 0.177 e. The molecule has 0 bridgehead atoms. The molecule has 0 saturated carbocycles. The largest absolute Gasteiger partial charge is 0.487 e. The Morgan fingerprint density at radius 2 is 1.89 bits per heavy atom. The molecule has 9 heteroatoms. The lowest BCUT2D eigenvalue weighted by molar-refractivity contribution is -0.0132. The van der Waals surface area contributed by atoms with Gasteiger partial charge in [0, 0.05) is 42.0 Å². The number of aryl methyl sites for hydroxylation is 1. The highest BCUT2D eigenvalue weighted by Crippen LogP contribution is 2.41. The highest BCUT2D eigenvalue weighted by Gasteiger charge is 2.39. The first-order chi connectivity index (χ1) is 17.9. The minimum Gasteiger partial charge on any atom is -0.487 e. The Labute approximate surface area is 225 Å². The summed E-state index contributed by atoms with van der Waals surface area (Å²) in [6.07, 6.45) is 6.40. The van der Waals surface area contributed by atoms with Gasteiger partial charge in [0.25, 0.3) is 0 Å². The van der Waals surface area contributed by atoms with Gasteiger partial charge in [-0.25, -0.2) is 0 Å². The molecule has 2 aromatic carbocycles. The number of fused-ring (bicyclic) bond motifs is 2. The van der Waals surface area contributed by atoms with E-state index in [0.717, 1.165) is 73.2 Å². The molecule has 0 aliphatic carbocycles. The number of piperidine rings is 1. The number of benzene rings is 2. The average Bonchev–Trinajstić information content (AvgIpc) is 3.32. The van der Waals surface area contributed by atoms with Crippen LogP contribution in [0.25, 0.3) is 22.2 Å². The quantitative estimate of drug-likeness (QED) is 0.297. The molecular formula is C28H29Cl2N5O2. The van der Waals surface area contributed by atoms with Gasteiger partial charge in [0.1, 0.15) is 22.8 Å². The van der Waals surface area contributed by atoms with Crippen LogP contribution >= 0.6 is 23.2 Å². The van der Waals surface area contributed by atoms with E-state index in [-0.39, 0.29) is 5.60 Å². The number of nitrogens with zero attached hydrogens (tertiary/aromatic N) is 3. The third kappa shape index (κ3) is 4.66. The van der Waals surface area contributed by atoms with Crippen LogP contribution < -0.4 is 15.2 Å². The van der Waals surface area contributed by atoms with Crippen LogP contribution in [0.3, 0.4) is 0 Å². The molecule has 37 heavy (non-hydrogen) atoms. The normalized spacial score (nSPS) is 17.9. The fourth-order valence-electron chi connectivity index (χ4n) is 5.48. The molecule has 1 fully saturated rings. The average molecular weight is 538 g/mol. The van der Waals surface area contributed by atoms with Crippen molar-refractivity contribution >= 4 is 34.1 Å². The molecule has 4 heterocycles. The summed E-state index contributed by atoms with van der Waals surface area (Å²) in [5.41, 5.74) is 10.8. The first kappa shape index (κ1) is 24.5. The highest BCUT2D eigenvalue weighted by atomic mass is 35.5. The maximum absolute atomic E-state index is 6.62. The lowest BCUT2D eigenvalue weighted by atomic mass is 9.82. The molecule has 1 spiro atoms. The van der Waals surface area contributed by atoms with E-state index in [0.29, 0.717) is 21.4 Å². The number of hydrogen-bond donors (Lipinski definition) is 2. The number of likely N-dealkylation sites (tertiary alicyclic amines) is 1. The molecule has 2 aliphatic rings. The Bertz CT molecular complexity index is 1430. The lowest BCUT2D eigenvalue weighted by Gasteiger charge is -2.44. The van der Waals surface area contributed by atoms with Crippen LogP contribution in [0.5, 0.6) is 11.5 Å². The minimum absolute atomic E-state index is 0.0230. The second-order valence-electron chi connectivity index (χ2n) is 9.88. The van der Waals surface area contributed by atoms with Crippen molar-refractivity contribution in [1.29, 1.82) is 0 Å². The monoisotopic (exact) mass is 537 g/mol. The molecular weight excluding hydrogens is 509 g/mol. The SMILES string of the molecule is CCN1CCC2(CCc3cc(-c4n[nH]c5ccc(O[C@H](N)c6c(Cl)cncc6Cl)cc45)ccc3O2)CC1. The van der Waals surface area contributed by atoms with Crippen LogP contribution in [0.1, 0.15) is 43.5 Å². The van der Waals surface area contributed by atoms with Crippen LogP contribution in [0.2, 0.25) is 10.0 Å². The van der Waals surface area contributed by atoms with Crippen molar-refractivity contribution in [3.63, 3.8) is 0 Å². The predicted octanol–water partition coefficient (Wildman–Crippen LogP) is 6.15. The standard InChI is InChI=1S/C28H29Cl2N5O2/c1-2-35-11-9-28(10-12-35)8-7-17-13-18(3-6-24(17)37-28)26-20-14-19(4-5-23(20)33-34-26)36-27(31)25-21(29)15-32-16-22(25)30/h3-6,13-16,27H,2,7-12,31H2,1H3,(H,33,34)/t27-/m0/s1.